The van der Waals surface area contributed by atoms with Gasteiger partial charge < -0.3 is 4.90 Å². The van der Waals surface area contributed by atoms with Crippen molar-refractivity contribution < 1.29 is 4.79 Å². The normalized spacial score (nSPS) is 14.8. The van der Waals surface area contributed by atoms with Crippen LogP contribution in [0.4, 0.5) is 0 Å². The molecule has 2 aromatic carbocycles. The van der Waals surface area contributed by atoms with Gasteiger partial charge in [-0.15, -0.1) is 23.7 Å². The minimum atomic E-state index is 0. The van der Waals surface area contributed by atoms with Gasteiger partial charge in [0.25, 0.3) is 5.91 Å². The molecule has 4 rings (SSSR count). The molecule has 1 amide bonds. The van der Waals surface area contributed by atoms with E-state index in [2.05, 4.69) is 65.6 Å². The van der Waals surface area contributed by atoms with E-state index >= 15 is 0 Å². The Kier molecular flexibility index (Phi) is 6.67. The number of hydrogen-bond acceptors (Lipinski definition) is 3. The maximum Gasteiger partial charge on any atom is 0.264 e. The molecule has 27 heavy (non-hydrogen) atoms. The van der Waals surface area contributed by atoms with Crippen LogP contribution in [0.1, 0.15) is 26.8 Å². The second-order valence-corrected chi connectivity index (χ2v) is 7.48. The van der Waals surface area contributed by atoms with E-state index < -0.39 is 0 Å². The number of piperazine rings is 1. The van der Waals surface area contributed by atoms with Crippen molar-refractivity contribution in [3.05, 3.63) is 94.2 Å². The van der Waals surface area contributed by atoms with Gasteiger partial charge in [0, 0.05) is 26.2 Å². The molecule has 0 spiro atoms. The van der Waals surface area contributed by atoms with Crippen LogP contribution in [-0.2, 0) is 0 Å². The highest BCUT2D eigenvalue weighted by Gasteiger charge is 2.28. The van der Waals surface area contributed by atoms with Gasteiger partial charge in [-0.25, -0.2) is 0 Å². The number of benzene rings is 2. The summed E-state index contributed by atoms with van der Waals surface area (Å²) in [6.45, 7) is 3.30. The summed E-state index contributed by atoms with van der Waals surface area (Å²) in [6.07, 6.45) is 0. The van der Waals surface area contributed by atoms with Crippen molar-refractivity contribution in [1.82, 2.24) is 9.80 Å². The molecular formula is C22H23ClN2OS. The molecule has 0 aliphatic carbocycles. The van der Waals surface area contributed by atoms with Crippen LogP contribution in [0, 0.1) is 0 Å². The SMILES string of the molecule is Cl.O=C(c1cccs1)N1CCN(C(c2ccccc2)c2ccccc2)CC1. The zero-order chi connectivity index (χ0) is 17.8. The molecule has 1 fully saturated rings. The van der Waals surface area contributed by atoms with E-state index in [1.807, 2.05) is 22.4 Å². The Morgan fingerprint density at radius 3 is 1.81 bits per heavy atom. The van der Waals surface area contributed by atoms with Gasteiger partial charge in [0.2, 0.25) is 0 Å². The number of amides is 1. The van der Waals surface area contributed by atoms with Gasteiger partial charge >= 0.3 is 0 Å². The van der Waals surface area contributed by atoms with E-state index in [1.165, 1.54) is 22.5 Å². The number of hydrogen-bond donors (Lipinski definition) is 0. The lowest BCUT2D eigenvalue weighted by molar-refractivity contribution is 0.0602. The van der Waals surface area contributed by atoms with E-state index in [-0.39, 0.29) is 24.4 Å². The Balaban J connectivity index is 0.00000210. The first kappa shape index (κ1) is 19.6. The molecule has 0 bridgehead atoms. The Morgan fingerprint density at radius 2 is 1.33 bits per heavy atom. The largest absolute Gasteiger partial charge is 0.335 e. The summed E-state index contributed by atoms with van der Waals surface area (Å²) in [4.78, 5) is 17.9. The Bertz CT molecular complexity index is 792. The fraction of sp³-hybridized carbons (Fsp3) is 0.227. The third kappa shape index (κ3) is 4.41. The molecule has 0 unspecified atom stereocenters. The van der Waals surface area contributed by atoms with Crippen molar-refractivity contribution in [1.29, 1.82) is 0 Å². The van der Waals surface area contributed by atoms with E-state index in [0.29, 0.717) is 0 Å². The summed E-state index contributed by atoms with van der Waals surface area (Å²) in [5.41, 5.74) is 2.61. The van der Waals surface area contributed by atoms with Crippen molar-refractivity contribution in [2.24, 2.45) is 0 Å². The Morgan fingerprint density at radius 1 is 0.778 bits per heavy atom. The summed E-state index contributed by atoms with van der Waals surface area (Å²) in [6, 6.07) is 25.4. The van der Waals surface area contributed by atoms with Gasteiger partial charge in [-0.1, -0.05) is 66.7 Å². The number of carbonyl (C=O) groups is 1. The molecule has 3 nitrogen and oxygen atoms in total. The highest BCUT2D eigenvalue weighted by atomic mass is 35.5. The molecule has 0 N–H and O–H groups in total. The van der Waals surface area contributed by atoms with Crippen LogP contribution in [0.25, 0.3) is 0 Å². The van der Waals surface area contributed by atoms with Crippen LogP contribution < -0.4 is 0 Å². The highest BCUT2D eigenvalue weighted by Crippen LogP contribution is 2.29. The van der Waals surface area contributed by atoms with Crippen LogP contribution >= 0.6 is 23.7 Å². The van der Waals surface area contributed by atoms with Gasteiger partial charge in [-0.3, -0.25) is 9.69 Å². The Labute approximate surface area is 170 Å². The molecular weight excluding hydrogens is 376 g/mol. The highest BCUT2D eigenvalue weighted by molar-refractivity contribution is 7.12. The minimum Gasteiger partial charge on any atom is -0.335 e. The molecule has 0 saturated carbocycles. The Hall–Kier alpha value is -2.14. The fourth-order valence-electron chi connectivity index (χ4n) is 3.62. The molecule has 0 atom stereocenters. The molecule has 140 valence electrons. The first-order valence-electron chi connectivity index (χ1n) is 8.99. The number of nitrogens with zero attached hydrogens (tertiary/aromatic N) is 2. The summed E-state index contributed by atoms with van der Waals surface area (Å²) in [5, 5.41) is 1.96. The molecule has 1 saturated heterocycles. The minimum absolute atomic E-state index is 0. The summed E-state index contributed by atoms with van der Waals surface area (Å²) < 4.78 is 0. The topological polar surface area (TPSA) is 23.6 Å². The number of rotatable bonds is 4. The second-order valence-electron chi connectivity index (χ2n) is 6.53. The molecule has 1 aliphatic rings. The summed E-state index contributed by atoms with van der Waals surface area (Å²) >= 11 is 1.52. The maximum absolute atomic E-state index is 12.6. The first-order chi connectivity index (χ1) is 12.8. The van der Waals surface area contributed by atoms with Crippen LogP contribution in [0.2, 0.25) is 0 Å². The standard InChI is InChI=1S/C22H22N2OS.ClH/c25-22(20-12-7-17-26-20)24-15-13-23(14-16-24)21(18-8-3-1-4-9-18)19-10-5-2-6-11-19;/h1-12,17,21H,13-16H2;1H. The molecule has 5 heteroatoms. The average Bonchev–Trinajstić information content (AvgIpc) is 3.25. The summed E-state index contributed by atoms with van der Waals surface area (Å²) in [5.74, 6) is 0.163. The van der Waals surface area contributed by atoms with Gasteiger partial charge in [0.05, 0.1) is 10.9 Å². The number of thiophene rings is 1. The van der Waals surface area contributed by atoms with E-state index in [4.69, 9.17) is 0 Å². The monoisotopic (exact) mass is 398 g/mol. The lowest BCUT2D eigenvalue weighted by Crippen LogP contribution is -2.49. The molecule has 1 aromatic heterocycles. The molecule has 1 aliphatic heterocycles. The van der Waals surface area contributed by atoms with Crippen LogP contribution in [-0.4, -0.2) is 41.9 Å². The average molecular weight is 399 g/mol. The zero-order valence-electron chi connectivity index (χ0n) is 15.0. The zero-order valence-corrected chi connectivity index (χ0v) is 16.7. The van der Waals surface area contributed by atoms with E-state index in [9.17, 15) is 4.79 Å². The van der Waals surface area contributed by atoms with Crippen molar-refractivity contribution >= 4 is 29.7 Å². The van der Waals surface area contributed by atoms with E-state index in [1.54, 1.807) is 0 Å². The maximum atomic E-state index is 12.6. The predicted octanol–water partition coefficient (Wildman–Crippen LogP) is 4.72. The van der Waals surface area contributed by atoms with Gasteiger partial charge in [-0.2, -0.15) is 0 Å². The third-order valence-corrected chi connectivity index (χ3v) is 5.79. The predicted molar refractivity (Wildman–Crippen MR) is 114 cm³/mol. The number of carbonyl (C=O) groups excluding carboxylic acids is 1. The number of halogens is 1. The molecule has 3 aromatic rings. The smallest absolute Gasteiger partial charge is 0.264 e. The third-order valence-electron chi connectivity index (χ3n) is 4.93. The molecule has 0 radical (unpaired) electrons. The van der Waals surface area contributed by atoms with Crippen molar-refractivity contribution in [3.63, 3.8) is 0 Å². The lowest BCUT2D eigenvalue weighted by Gasteiger charge is -2.39. The van der Waals surface area contributed by atoms with Gasteiger partial charge in [-0.05, 0) is 22.6 Å². The second kappa shape index (κ2) is 9.18. The van der Waals surface area contributed by atoms with E-state index in [0.717, 1.165) is 31.1 Å². The van der Waals surface area contributed by atoms with Crippen molar-refractivity contribution in [2.45, 2.75) is 6.04 Å². The molecule has 2 heterocycles. The van der Waals surface area contributed by atoms with Gasteiger partial charge in [0.15, 0.2) is 0 Å². The first-order valence-corrected chi connectivity index (χ1v) is 9.87. The quantitative estimate of drug-likeness (QED) is 0.635. The van der Waals surface area contributed by atoms with Crippen LogP contribution in [0.3, 0.4) is 0 Å². The van der Waals surface area contributed by atoms with Crippen LogP contribution in [0.5, 0.6) is 0 Å². The summed E-state index contributed by atoms with van der Waals surface area (Å²) in [7, 11) is 0. The van der Waals surface area contributed by atoms with Crippen molar-refractivity contribution in [3.8, 4) is 0 Å². The fourth-order valence-corrected chi connectivity index (χ4v) is 4.31. The van der Waals surface area contributed by atoms with Crippen LogP contribution in [0.15, 0.2) is 78.2 Å². The van der Waals surface area contributed by atoms with Crippen molar-refractivity contribution in [2.75, 3.05) is 26.2 Å². The lowest BCUT2D eigenvalue weighted by atomic mass is 9.96. The van der Waals surface area contributed by atoms with Gasteiger partial charge in [0.1, 0.15) is 0 Å².